The van der Waals surface area contributed by atoms with Gasteiger partial charge < -0.3 is 24.2 Å². The van der Waals surface area contributed by atoms with Gasteiger partial charge in [0.2, 0.25) is 0 Å². The molecule has 3 heterocycles. The molecular formula is C27H31N3O3. The number of amides is 1. The summed E-state index contributed by atoms with van der Waals surface area (Å²) >= 11 is 0. The fourth-order valence-corrected chi connectivity index (χ4v) is 6.18. The van der Waals surface area contributed by atoms with Crippen molar-refractivity contribution in [2.45, 2.75) is 24.3 Å². The van der Waals surface area contributed by atoms with Crippen molar-refractivity contribution in [2.24, 2.45) is 13.0 Å². The number of aromatic nitrogens is 1. The number of ether oxygens (including phenoxy) is 1. The molecule has 6 heteroatoms. The smallest absolute Gasteiger partial charge is 0.254 e. The largest absolute Gasteiger partial charge is 0.497 e. The highest BCUT2D eigenvalue weighted by atomic mass is 16.5. The molecule has 6 rings (SSSR count). The van der Waals surface area contributed by atoms with Crippen molar-refractivity contribution in [1.82, 2.24) is 14.4 Å². The predicted molar refractivity (Wildman–Crippen MR) is 128 cm³/mol. The van der Waals surface area contributed by atoms with Crippen molar-refractivity contribution in [3.63, 3.8) is 0 Å². The van der Waals surface area contributed by atoms with Crippen LogP contribution in [0.2, 0.25) is 0 Å². The van der Waals surface area contributed by atoms with Crippen LogP contribution in [0.1, 0.15) is 40.5 Å². The molecule has 3 aliphatic rings. The Hall–Kier alpha value is -2.83. The van der Waals surface area contributed by atoms with Gasteiger partial charge >= 0.3 is 0 Å². The molecule has 6 nitrogen and oxygen atoms in total. The lowest BCUT2D eigenvalue weighted by molar-refractivity contribution is -0.00308. The van der Waals surface area contributed by atoms with Crippen LogP contribution in [-0.4, -0.2) is 65.3 Å². The van der Waals surface area contributed by atoms with Gasteiger partial charge in [0.05, 0.1) is 25.3 Å². The van der Waals surface area contributed by atoms with E-state index in [1.807, 2.05) is 48.3 Å². The lowest BCUT2D eigenvalue weighted by Gasteiger charge is -2.56. The maximum Gasteiger partial charge on any atom is 0.254 e. The number of rotatable bonds is 5. The summed E-state index contributed by atoms with van der Waals surface area (Å²) in [4.78, 5) is 18.1. The van der Waals surface area contributed by atoms with Crippen LogP contribution in [-0.2, 0) is 12.5 Å². The standard InChI is InChI=1S/C27H31N3O3/c1-28-22-12-20(33-2)10-11-21(22)24-25(28)23(14-31)30(26(32)19-6-4-3-5-7-19)17-27(24)15-29(16-27)13-18-8-9-18/h3-7,10-12,18,23,31H,8-9,13-17H2,1-2H3/t23-/m0/s1. The number of nitrogens with zero attached hydrogens (tertiary/aromatic N) is 3. The zero-order valence-corrected chi connectivity index (χ0v) is 19.3. The van der Waals surface area contributed by atoms with Crippen molar-refractivity contribution < 1.29 is 14.6 Å². The maximum absolute atomic E-state index is 13.7. The SMILES string of the molecule is COc1ccc2c3c(n(C)c2c1)[C@H](CO)N(C(=O)c1ccccc1)CC31CN(CC2CC2)C1. The van der Waals surface area contributed by atoms with E-state index in [0.717, 1.165) is 42.5 Å². The van der Waals surface area contributed by atoms with Crippen LogP contribution < -0.4 is 4.74 Å². The molecule has 1 aliphatic carbocycles. The summed E-state index contributed by atoms with van der Waals surface area (Å²) in [5, 5.41) is 11.8. The van der Waals surface area contributed by atoms with Crippen molar-refractivity contribution in [1.29, 1.82) is 0 Å². The predicted octanol–water partition coefficient (Wildman–Crippen LogP) is 3.34. The van der Waals surface area contributed by atoms with Gasteiger partial charge in [0, 0.05) is 61.4 Å². The summed E-state index contributed by atoms with van der Waals surface area (Å²) in [5.41, 5.74) is 4.01. The number of carbonyl (C=O) groups is 1. The van der Waals surface area contributed by atoms with Crippen LogP contribution in [0.4, 0.5) is 0 Å². The van der Waals surface area contributed by atoms with E-state index in [0.29, 0.717) is 12.1 Å². The number of aliphatic hydroxyl groups is 1. The van der Waals surface area contributed by atoms with E-state index in [1.165, 1.54) is 23.8 Å². The Morgan fingerprint density at radius 3 is 2.55 bits per heavy atom. The fraction of sp³-hybridized carbons (Fsp3) is 0.444. The van der Waals surface area contributed by atoms with E-state index in [-0.39, 0.29) is 24.0 Å². The Morgan fingerprint density at radius 2 is 1.88 bits per heavy atom. The number of benzene rings is 2. The number of aryl methyl sites for hydroxylation is 1. The number of fused-ring (bicyclic) bond motifs is 4. The number of carbonyl (C=O) groups excluding carboxylic acids is 1. The first-order valence-electron chi connectivity index (χ1n) is 11.9. The van der Waals surface area contributed by atoms with Crippen molar-refractivity contribution in [2.75, 3.05) is 39.9 Å². The molecule has 1 saturated carbocycles. The van der Waals surface area contributed by atoms with Crippen molar-refractivity contribution >= 4 is 16.8 Å². The van der Waals surface area contributed by atoms with Gasteiger partial charge in [-0.25, -0.2) is 0 Å². The molecule has 2 fully saturated rings. The van der Waals surface area contributed by atoms with E-state index in [2.05, 4.69) is 21.6 Å². The molecule has 33 heavy (non-hydrogen) atoms. The fourth-order valence-electron chi connectivity index (χ4n) is 6.18. The number of methoxy groups -OCH3 is 1. The summed E-state index contributed by atoms with van der Waals surface area (Å²) in [6.07, 6.45) is 2.68. The normalized spacial score (nSPS) is 21.8. The topological polar surface area (TPSA) is 57.9 Å². The van der Waals surface area contributed by atoms with Crippen LogP contribution in [0.5, 0.6) is 5.75 Å². The van der Waals surface area contributed by atoms with Gasteiger partial charge in [-0.15, -0.1) is 0 Å². The van der Waals surface area contributed by atoms with E-state index in [4.69, 9.17) is 4.74 Å². The van der Waals surface area contributed by atoms with Gasteiger partial charge in [-0.3, -0.25) is 4.79 Å². The lowest BCUT2D eigenvalue weighted by atomic mass is 9.68. The van der Waals surface area contributed by atoms with Crippen LogP contribution in [0.15, 0.2) is 48.5 Å². The summed E-state index contributed by atoms with van der Waals surface area (Å²) in [6.45, 7) is 3.60. The Balaban J connectivity index is 1.49. The minimum absolute atomic E-state index is 0.0110. The highest BCUT2D eigenvalue weighted by Crippen LogP contribution is 2.50. The zero-order chi connectivity index (χ0) is 22.7. The van der Waals surface area contributed by atoms with Gasteiger partial charge in [0.15, 0.2) is 0 Å². The van der Waals surface area contributed by atoms with E-state index < -0.39 is 0 Å². The van der Waals surface area contributed by atoms with Crippen LogP contribution in [0.3, 0.4) is 0 Å². The number of likely N-dealkylation sites (tertiary alicyclic amines) is 1. The highest BCUT2D eigenvalue weighted by Gasteiger charge is 2.54. The highest BCUT2D eigenvalue weighted by molar-refractivity contribution is 5.96. The molecule has 1 atom stereocenters. The Bertz CT molecular complexity index is 1210. The first kappa shape index (κ1) is 20.8. The lowest BCUT2D eigenvalue weighted by Crippen LogP contribution is -2.67. The average molecular weight is 446 g/mol. The monoisotopic (exact) mass is 445 g/mol. The van der Waals surface area contributed by atoms with Gasteiger partial charge in [0.1, 0.15) is 5.75 Å². The van der Waals surface area contributed by atoms with Gasteiger partial charge in [-0.05, 0) is 48.6 Å². The summed E-state index contributed by atoms with van der Waals surface area (Å²) in [5.74, 6) is 1.65. The minimum Gasteiger partial charge on any atom is -0.497 e. The number of hydrogen-bond acceptors (Lipinski definition) is 4. The minimum atomic E-state index is -0.376. The molecule has 1 amide bonds. The summed E-state index contributed by atoms with van der Waals surface area (Å²) < 4.78 is 7.67. The third-order valence-electron chi connectivity index (χ3n) is 7.87. The molecule has 1 N–H and O–H groups in total. The summed E-state index contributed by atoms with van der Waals surface area (Å²) in [7, 11) is 3.73. The second kappa shape index (κ2) is 7.61. The summed E-state index contributed by atoms with van der Waals surface area (Å²) in [6, 6.07) is 15.3. The first-order chi connectivity index (χ1) is 16.0. The molecule has 1 aromatic heterocycles. The molecule has 2 aromatic carbocycles. The van der Waals surface area contributed by atoms with Crippen molar-refractivity contribution in [3.05, 3.63) is 65.4 Å². The van der Waals surface area contributed by atoms with Crippen LogP contribution in [0, 0.1) is 5.92 Å². The molecule has 0 unspecified atom stereocenters. The van der Waals surface area contributed by atoms with Gasteiger partial charge in [-0.2, -0.15) is 0 Å². The second-order valence-corrected chi connectivity index (χ2v) is 10.1. The van der Waals surface area contributed by atoms with Gasteiger partial charge in [0.25, 0.3) is 5.91 Å². The third-order valence-corrected chi connectivity index (χ3v) is 7.87. The van der Waals surface area contributed by atoms with E-state index in [9.17, 15) is 9.90 Å². The van der Waals surface area contributed by atoms with Crippen molar-refractivity contribution in [3.8, 4) is 5.75 Å². The third kappa shape index (κ3) is 3.19. The molecule has 1 saturated heterocycles. The number of hydrogen-bond donors (Lipinski definition) is 1. The molecule has 0 bridgehead atoms. The molecule has 0 radical (unpaired) electrons. The van der Waals surface area contributed by atoms with E-state index >= 15 is 0 Å². The second-order valence-electron chi connectivity index (χ2n) is 10.1. The molecule has 172 valence electrons. The van der Waals surface area contributed by atoms with Gasteiger partial charge in [-0.1, -0.05) is 18.2 Å². The Labute approximate surface area is 194 Å². The first-order valence-corrected chi connectivity index (χ1v) is 11.9. The molecule has 3 aromatic rings. The zero-order valence-electron chi connectivity index (χ0n) is 19.3. The van der Waals surface area contributed by atoms with Crippen LogP contribution in [0.25, 0.3) is 10.9 Å². The Kier molecular flexibility index (Phi) is 4.78. The molecule has 2 aliphatic heterocycles. The Morgan fingerprint density at radius 1 is 1.12 bits per heavy atom. The van der Waals surface area contributed by atoms with Crippen LogP contribution >= 0.6 is 0 Å². The molecular weight excluding hydrogens is 414 g/mol. The quantitative estimate of drug-likeness (QED) is 0.655. The maximum atomic E-state index is 13.7. The molecule has 1 spiro atoms. The number of aliphatic hydroxyl groups excluding tert-OH is 1. The average Bonchev–Trinajstić information content (AvgIpc) is 3.60. The van der Waals surface area contributed by atoms with E-state index in [1.54, 1.807) is 7.11 Å².